The molecular formula is C19H24N4O6. The van der Waals surface area contributed by atoms with Gasteiger partial charge in [-0.05, 0) is 12.5 Å². The maximum atomic E-state index is 13.2. The van der Waals surface area contributed by atoms with E-state index in [4.69, 9.17) is 14.2 Å². The Morgan fingerprint density at radius 1 is 1.34 bits per heavy atom. The molecule has 0 atom stereocenters. The molecule has 1 fully saturated rings. The number of rotatable bonds is 7. The van der Waals surface area contributed by atoms with Crippen molar-refractivity contribution in [1.82, 2.24) is 9.38 Å². The Balaban J connectivity index is 2.30. The van der Waals surface area contributed by atoms with Crippen LogP contribution in [0.15, 0.2) is 17.1 Å². The highest BCUT2D eigenvalue weighted by molar-refractivity contribution is 5.96. The van der Waals surface area contributed by atoms with Gasteiger partial charge in [0.05, 0.1) is 31.6 Å². The predicted molar refractivity (Wildman–Crippen MR) is 106 cm³/mol. The molecule has 29 heavy (non-hydrogen) atoms. The minimum Gasteiger partial charge on any atom is -0.486 e. The maximum absolute atomic E-state index is 13.2. The number of aromatic nitrogens is 2. The Kier molecular flexibility index (Phi) is 5.90. The van der Waals surface area contributed by atoms with Crippen molar-refractivity contribution in [1.29, 1.82) is 0 Å². The summed E-state index contributed by atoms with van der Waals surface area (Å²) in [7, 11) is 4.83. The molecule has 10 heteroatoms. The fraction of sp³-hybridized carbons (Fsp3) is 0.474. The van der Waals surface area contributed by atoms with Crippen LogP contribution in [-0.2, 0) is 9.47 Å². The highest BCUT2D eigenvalue weighted by Gasteiger charge is 2.29. The van der Waals surface area contributed by atoms with E-state index in [1.807, 2.05) is 21.0 Å². The standard InChI is InChI=1S/C19H24N4O6/c1-5-6-8-28-15-14(18(25)27-4)20-16-13(22-7-9-29-19(22)26)10-12(21(2)3)11-23(16)17(15)24/h10-11H,5-9H2,1-4H3. The van der Waals surface area contributed by atoms with E-state index in [2.05, 4.69) is 4.98 Å². The molecule has 0 bridgehead atoms. The van der Waals surface area contributed by atoms with Gasteiger partial charge in [0, 0.05) is 20.3 Å². The first kappa shape index (κ1) is 20.4. The molecule has 0 aliphatic carbocycles. The first-order valence-corrected chi connectivity index (χ1v) is 9.32. The summed E-state index contributed by atoms with van der Waals surface area (Å²) in [4.78, 5) is 45.2. The van der Waals surface area contributed by atoms with Crippen LogP contribution in [0, 0.1) is 0 Å². The first-order valence-electron chi connectivity index (χ1n) is 9.32. The summed E-state index contributed by atoms with van der Waals surface area (Å²) in [5.41, 5.74) is 0.397. The highest BCUT2D eigenvalue weighted by atomic mass is 16.6. The van der Waals surface area contributed by atoms with Gasteiger partial charge < -0.3 is 19.1 Å². The van der Waals surface area contributed by atoms with E-state index < -0.39 is 17.6 Å². The van der Waals surface area contributed by atoms with Crippen molar-refractivity contribution in [2.24, 2.45) is 0 Å². The molecule has 1 saturated heterocycles. The van der Waals surface area contributed by atoms with Gasteiger partial charge in [-0.15, -0.1) is 0 Å². The number of esters is 1. The highest BCUT2D eigenvalue weighted by Crippen LogP contribution is 2.29. The number of cyclic esters (lactones) is 1. The van der Waals surface area contributed by atoms with E-state index >= 15 is 0 Å². The second kappa shape index (κ2) is 8.38. The van der Waals surface area contributed by atoms with Crippen LogP contribution in [0.2, 0.25) is 0 Å². The quantitative estimate of drug-likeness (QED) is 0.507. The molecule has 0 saturated carbocycles. The molecule has 0 unspecified atom stereocenters. The van der Waals surface area contributed by atoms with Crippen LogP contribution >= 0.6 is 0 Å². The number of amides is 1. The number of methoxy groups -OCH3 is 1. The van der Waals surface area contributed by atoms with E-state index in [1.54, 1.807) is 17.2 Å². The number of carbonyl (C=O) groups excluding carboxylic acids is 2. The molecule has 0 radical (unpaired) electrons. The van der Waals surface area contributed by atoms with Crippen molar-refractivity contribution < 1.29 is 23.8 Å². The van der Waals surface area contributed by atoms with Gasteiger partial charge in [-0.2, -0.15) is 0 Å². The van der Waals surface area contributed by atoms with Crippen LogP contribution in [0.5, 0.6) is 5.75 Å². The van der Waals surface area contributed by atoms with Crippen molar-refractivity contribution in [3.63, 3.8) is 0 Å². The number of carbonyl (C=O) groups is 2. The number of fused-ring (bicyclic) bond motifs is 1. The lowest BCUT2D eigenvalue weighted by molar-refractivity contribution is 0.0588. The minimum absolute atomic E-state index is 0.141. The molecule has 3 heterocycles. The largest absolute Gasteiger partial charge is 0.486 e. The Labute approximate surface area is 167 Å². The Bertz CT molecular complexity index is 1000. The number of hydrogen-bond acceptors (Lipinski definition) is 8. The Morgan fingerprint density at radius 2 is 2.10 bits per heavy atom. The zero-order valence-electron chi connectivity index (χ0n) is 16.9. The number of unbranched alkanes of at least 4 members (excludes halogenated alkanes) is 1. The Morgan fingerprint density at radius 3 is 2.69 bits per heavy atom. The molecular weight excluding hydrogens is 380 g/mol. The van der Waals surface area contributed by atoms with Gasteiger partial charge in [-0.25, -0.2) is 14.6 Å². The summed E-state index contributed by atoms with van der Waals surface area (Å²) in [5.74, 6) is -0.962. The number of pyridine rings is 1. The molecule has 10 nitrogen and oxygen atoms in total. The van der Waals surface area contributed by atoms with E-state index in [0.29, 0.717) is 24.3 Å². The van der Waals surface area contributed by atoms with Gasteiger partial charge in [0.2, 0.25) is 5.75 Å². The third kappa shape index (κ3) is 3.82. The van der Waals surface area contributed by atoms with Gasteiger partial charge >= 0.3 is 17.6 Å². The number of anilines is 2. The van der Waals surface area contributed by atoms with Crippen LogP contribution in [0.3, 0.4) is 0 Å². The summed E-state index contributed by atoms with van der Waals surface area (Å²) in [6.45, 7) is 2.79. The second-order valence-corrected chi connectivity index (χ2v) is 6.73. The lowest BCUT2D eigenvalue weighted by Crippen LogP contribution is -2.29. The minimum atomic E-state index is -0.789. The summed E-state index contributed by atoms with van der Waals surface area (Å²) in [5, 5.41) is 0. The predicted octanol–water partition coefficient (Wildman–Crippen LogP) is 1.68. The van der Waals surface area contributed by atoms with Crippen molar-refractivity contribution in [3.8, 4) is 5.75 Å². The van der Waals surface area contributed by atoms with Crippen LogP contribution < -0.4 is 20.1 Å². The zero-order chi connectivity index (χ0) is 21.1. The molecule has 1 amide bonds. The van der Waals surface area contributed by atoms with E-state index in [1.165, 1.54) is 16.4 Å². The Hall–Kier alpha value is -3.30. The molecule has 156 valence electrons. The third-order valence-electron chi connectivity index (χ3n) is 4.54. The zero-order valence-corrected chi connectivity index (χ0v) is 16.9. The fourth-order valence-corrected chi connectivity index (χ4v) is 2.93. The average molecular weight is 404 g/mol. The van der Waals surface area contributed by atoms with Crippen molar-refractivity contribution in [3.05, 3.63) is 28.3 Å². The summed E-state index contributed by atoms with van der Waals surface area (Å²) in [6, 6.07) is 1.72. The SMILES string of the molecule is CCCCOc1c(C(=O)OC)nc2c(N3CCOC3=O)cc(N(C)C)cn2c1=O. The maximum Gasteiger partial charge on any atom is 0.414 e. The summed E-state index contributed by atoms with van der Waals surface area (Å²) >= 11 is 0. The molecule has 0 N–H and O–H groups in total. The first-order chi connectivity index (χ1) is 13.9. The lowest BCUT2D eigenvalue weighted by atomic mass is 10.2. The van der Waals surface area contributed by atoms with Crippen molar-refractivity contribution >= 4 is 29.1 Å². The second-order valence-electron chi connectivity index (χ2n) is 6.73. The number of ether oxygens (including phenoxy) is 3. The summed E-state index contributed by atoms with van der Waals surface area (Å²) in [6.07, 6.45) is 2.62. The molecule has 1 aliphatic rings. The molecule has 1 aliphatic heterocycles. The van der Waals surface area contributed by atoms with Gasteiger partial charge in [0.25, 0.3) is 0 Å². The molecule has 0 spiro atoms. The monoisotopic (exact) mass is 404 g/mol. The van der Waals surface area contributed by atoms with Crippen LogP contribution in [-0.4, -0.2) is 62.4 Å². The van der Waals surface area contributed by atoms with Crippen molar-refractivity contribution in [2.45, 2.75) is 19.8 Å². The van der Waals surface area contributed by atoms with Gasteiger partial charge in [0.1, 0.15) is 6.61 Å². The van der Waals surface area contributed by atoms with Crippen LogP contribution in [0.4, 0.5) is 16.2 Å². The lowest BCUT2D eigenvalue weighted by Gasteiger charge is -2.21. The molecule has 3 rings (SSSR count). The van der Waals surface area contributed by atoms with Crippen molar-refractivity contribution in [2.75, 3.05) is 50.8 Å². The van der Waals surface area contributed by atoms with Crippen LogP contribution in [0.25, 0.3) is 5.65 Å². The smallest absolute Gasteiger partial charge is 0.414 e. The van der Waals surface area contributed by atoms with E-state index in [-0.39, 0.29) is 30.3 Å². The van der Waals surface area contributed by atoms with Gasteiger partial charge in [0.15, 0.2) is 11.3 Å². The average Bonchev–Trinajstić information content (AvgIpc) is 3.13. The van der Waals surface area contributed by atoms with Crippen LogP contribution in [0.1, 0.15) is 30.3 Å². The van der Waals surface area contributed by atoms with E-state index in [9.17, 15) is 14.4 Å². The molecule has 2 aromatic rings. The number of hydrogen-bond donors (Lipinski definition) is 0. The third-order valence-corrected chi connectivity index (χ3v) is 4.54. The molecule has 0 aromatic carbocycles. The molecule has 2 aromatic heterocycles. The van der Waals surface area contributed by atoms with Gasteiger partial charge in [-0.3, -0.25) is 14.1 Å². The van der Waals surface area contributed by atoms with Gasteiger partial charge in [-0.1, -0.05) is 13.3 Å². The fourth-order valence-electron chi connectivity index (χ4n) is 2.93. The normalized spacial score (nSPS) is 13.5. The summed E-state index contributed by atoms with van der Waals surface area (Å²) < 4.78 is 16.7. The topological polar surface area (TPSA) is 103 Å². The van der Waals surface area contributed by atoms with E-state index in [0.717, 1.165) is 6.42 Å². The number of nitrogens with zero attached hydrogens (tertiary/aromatic N) is 4.